The van der Waals surface area contributed by atoms with Crippen LogP contribution in [-0.4, -0.2) is 48.2 Å². The molecule has 1 N–H and O–H groups in total. The average molecular weight is 243 g/mol. The van der Waals surface area contributed by atoms with Crippen LogP contribution in [0.1, 0.15) is 26.7 Å². The van der Waals surface area contributed by atoms with Crippen molar-refractivity contribution in [1.82, 2.24) is 4.90 Å². The first kappa shape index (κ1) is 14.0. The van der Waals surface area contributed by atoms with Gasteiger partial charge in [-0.1, -0.05) is 6.92 Å². The summed E-state index contributed by atoms with van der Waals surface area (Å²) in [6.07, 6.45) is 1.41. The first-order valence-electron chi connectivity index (χ1n) is 6.01. The van der Waals surface area contributed by atoms with Crippen molar-refractivity contribution in [1.29, 1.82) is 0 Å². The van der Waals surface area contributed by atoms with Gasteiger partial charge in [0.1, 0.15) is 0 Å². The van der Waals surface area contributed by atoms with E-state index in [0.29, 0.717) is 19.6 Å². The van der Waals surface area contributed by atoms with Crippen LogP contribution >= 0.6 is 0 Å². The van der Waals surface area contributed by atoms with Gasteiger partial charge in [-0.2, -0.15) is 0 Å². The van der Waals surface area contributed by atoms with E-state index < -0.39 is 11.9 Å². The predicted octanol–water partition coefficient (Wildman–Crippen LogP) is 0.981. The van der Waals surface area contributed by atoms with E-state index in [0.717, 1.165) is 6.42 Å². The van der Waals surface area contributed by atoms with E-state index in [1.807, 2.05) is 13.8 Å². The number of carboxylic acids is 1. The molecule has 1 saturated heterocycles. The molecule has 17 heavy (non-hydrogen) atoms. The molecule has 1 aliphatic rings. The van der Waals surface area contributed by atoms with E-state index in [4.69, 9.17) is 9.84 Å². The SMILES string of the molecule is COCC(C)C(=O)N1CCC[C@H](C(=O)O)[C@@H]1C. The van der Waals surface area contributed by atoms with Crippen molar-refractivity contribution >= 4 is 11.9 Å². The summed E-state index contributed by atoms with van der Waals surface area (Å²) in [5, 5.41) is 9.09. The molecule has 1 fully saturated rings. The zero-order valence-electron chi connectivity index (χ0n) is 10.7. The average Bonchev–Trinajstić information content (AvgIpc) is 2.28. The van der Waals surface area contributed by atoms with Crippen LogP contribution in [0.25, 0.3) is 0 Å². The topological polar surface area (TPSA) is 66.8 Å². The summed E-state index contributed by atoms with van der Waals surface area (Å²) in [4.78, 5) is 24.9. The van der Waals surface area contributed by atoms with Gasteiger partial charge < -0.3 is 14.7 Å². The number of carboxylic acid groups (broad SMARTS) is 1. The summed E-state index contributed by atoms with van der Waals surface area (Å²) in [5.41, 5.74) is 0. The molecule has 5 heteroatoms. The number of carbonyl (C=O) groups excluding carboxylic acids is 1. The highest BCUT2D eigenvalue weighted by atomic mass is 16.5. The summed E-state index contributed by atoms with van der Waals surface area (Å²) >= 11 is 0. The van der Waals surface area contributed by atoms with Gasteiger partial charge in [0.05, 0.1) is 18.4 Å². The van der Waals surface area contributed by atoms with Crippen molar-refractivity contribution in [3.8, 4) is 0 Å². The Balaban J connectivity index is 2.69. The maximum Gasteiger partial charge on any atom is 0.308 e. The lowest BCUT2D eigenvalue weighted by molar-refractivity contribution is -0.151. The van der Waals surface area contributed by atoms with Gasteiger partial charge in [-0.25, -0.2) is 0 Å². The van der Waals surface area contributed by atoms with Crippen molar-refractivity contribution in [3.05, 3.63) is 0 Å². The second-order valence-electron chi connectivity index (χ2n) is 4.72. The third kappa shape index (κ3) is 3.19. The highest BCUT2D eigenvalue weighted by Gasteiger charge is 2.36. The molecule has 0 aromatic carbocycles. The van der Waals surface area contributed by atoms with Crippen molar-refractivity contribution in [2.24, 2.45) is 11.8 Å². The molecule has 98 valence electrons. The van der Waals surface area contributed by atoms with Gasteiger partial charge in [0.15, 0.2) is 0 Å². The lowest BCUT2D eigenvalue weighted by Gasteiger charge is -2.38. The van der Waals surface area contributed by atoms with Crippen molar-refractivity contribution < 1.29 is 19.4 Å². The minimum atomic E-state index is -0.811. The number of amides is 1. The maximum absolute atomic E-state index is 12.1. The third-order valence-electron chi connectivity index (χ3n) is 3.43. The van der Waals surface area contributed by atoms with Crippen molar-refractivity contribution in [3.63, 3.8) is 0 Å². The number of likely N-dealkylation sites (tertiary alicyclic amines) is 1. The lowest BCUT2D eigenvalue weighted by Crippen LogP contribution is -2.51. The molecule has 3 atom stereocenters. The molecule has 0 spiro atoms. The Kier molecular flexibility index (Phi) is 4.93. The van der Waals surface area contributed by atoms with Gasteiger partial charge in [0.25, 0.3) is 0 Å². The van der Waals surface area contributed by atoms with Crippen molar-refractivity contribution in [2.75, 3.05) is 20.3 Å². The van der Waals surface area contributed by atoms with Crippen LogP contribution < -0.4 is 0 Å². The molecule has 1 aliphatic heterocycles. The number of rotatable bonds is 4. The highest BCUT2D eigenvalue weighted by molar-refractivity contribution is 5.80. The van der Waals surface area contributed by atoms with Gasteiger partial charge in [0.2, 0.25) is 5.91 Å². The van der Waals surface area contributed by atoms with E-state index in [9.17, 15) is 9.59 Å². The molecule has 0 radical (unpaired) electrons. The molecule has 1 amide bonds. The monoisotopic (exact) mass is 243 g/mol. The number of piperidine rings is 1. The van der Waals surface area contributed by atoms with Gasteiger partial charge in [-0.05, 0) is 19.8 Å². The predicted molar refractivity (Wildman–Crippen MR) is 62.6 cm³/mol. The smallest absolute Gasteiger partial charge is 0.308 e. The molecule has 1 rings (SSSR count). The second-order valence-corrected chi connectivity index (χ2v) is 4.72. The molecule has 5 nitrogen and oxygen atoms in total. The van der Waals surface area contributed by atoms with Crippen LogP contribution in [-0.2, 0) is 14.3 Å². The number of ether oxygens (including phenoxy) is 1. The number of carbonyl (C=O) groups is 2. The van der Waals surface area contributed by atoms with Gasteiger partial charge in [-0.3, -0.25) is 9.59 Å². The standard InChI is InChI=1S/C12H21NO4/c1-8(7-17-3)11(14)13-6-4-5-10(9(13)2)12(15)16/h8-10H,4-7H2,1-3H3,(H,15,16)/t8?,9-,10-/m0/s1. The molecule has 1 unspecified atom stereocenters. The summed E-state index contributed by atoms with van der Waals surface area (Å²) in [5.74, 6) is -1.47. The summed E-state index contributed by atoms with van der Waals surface area (Å²) in [6, 6.07) is -0.229. The first-order chi connectivity index (χ1) is 7.99. The number of hydrogen-bond acceptors (Lipinski definition) is 3. The molecule has 0 saturated carbocycles. The van der Waals surface area contributed by atoms with E-state index in [-0.39, 0.29) is 17.9 Å². The van der Waals surface area contributed by atoms with Crippen LogP contribution in [0, 0.1) is 11.8 Å². The molecule has 1 heterocycles. The molecule has 0 aliphatic carbocycles. The van der Waals surface area contributed by atoms with Gasteiger partial charge in [-0.15, -0.1) is 0 Å². The fourth-order valence-electron chi connectivity index (χ4n) is 2.39. The highest BCUT2D eigenvalue weighted by Crippen LogP contribution is 2.25. The molecule has 0 bridgehead atoms. The number of aliphatic carboxylic acids is 1. The quantitative estimate of drug-likeness (QED) is 0.799. The summed E-state index contributed by atoms with van der Waals surface area (Å²) < 4.78 is 4.96. The molecule has 0 aromatic rings. The fourth-order valence-corrected chi connectivity index (χ4v) is 2.39. The van der Waals surface area contributed by atoms with Gasteiger partial charge in [0, 0.05) is 19.7 Å². The zero-order valence-corrected chi connectivity index (χ0v) is 10.7. The Labute approximate surface area is 102 Å². The minimum absolute atomic E-state index is 0.00898. The van der Waals surface area contributed by atoms with Crippen LogP contribution in [0.2, 0.25) is 0 Å². The van der Waals surface area contributed by atoms with Crippen LogP contribution in [0.4, 0.5) is 0 Å². The van der Waals surface area contributed by atoms with E-state index in [2.05, 4.69) is 0 Å². The Morgan fingerprint density at radius 3 is 2.71 bits per heavy atom. The van der Waals surface area contributed by atoms with E-state index in [1.54, 1.807) is 12.0 Å². The Hall–Kier alpha value is -1.10. The van der Waals surface area contributed by atoms with Crippen LogP contribution in [0.5, 0.6) is 0 Å². The van der Waals surface area contributed by atoms with Crippen LogP contribution in [0.15, 0.2) is 0 Å². The van der Waals surface area contributed by atoms with E-state index in [1.165, 1.54) is 0 Å². The maximum atomic E-state index is 12.1. The lowest BCUT2D eigenvalue weighted by atomic mass is 9.89. The Morgan fingerprint density at radius 2 is 2.18 bits per heavy atom. The fraction of sp³-hybridized carbons (Fsp3) is 0.833. The zero-order chi connectivity index (χ0) is 13.0. The summed E-state index contributed by atoms with van der Waals surface area (Å²) in [7, 11) is 1.56. The molecular weight excluding hydrogens is 222 g/mol. The van der Waals surface area contributed by atoms with Gasteiger partial charge >= 0.3 is 5.97 Å². The second kappa shape index (κ2) is 6.00. The van der Waals surface area contributed by atoms with Crippen molar-refractivity contribution in [2.45, 2.75) is 32.7 Å². The molecule has 0 aromatic heterocycles. The number of nitrogens with zero attached hydrogens (tertiary/aromatic N) is 1. The number of methoxy groups -OCH3 is 1. The Bertz CT molecular complexity index is 292. The normalized spacial score (nSPS) is 26.6. The minimum Gasteiger partial charge on any atom is -0.481 e. The van der Waals surface area contributed by atoms with E-state index >= 15 is 0 Å². The largest absolute Gasteiger partial charge is 0.481 e. The molecular formula is C12H21NO4. The van der Waals surface area contributed by atoms with Crippen LogP contribution in [0.3, 0.4) is 0 Å². The first-order valence-corrected chi connectivity index (χ1v) is 6.01. The Morgan fingerprint density at radius 1 is 1.53 bits per heavy atom. The third-order valence-corrected chi connectivity index (χ3v) is 3.43. The summed E-state index contributed by atoms with van der Waals surface area (Å²) in [6.45, 7) is 4.65. The number of hydrogen-bond donors (Lipinski definition) is 1.